The summed E-state index contributed by atoms with van der Waals surface area (Å²) < 4.78 is 5.82. The first-order valence-corrected chi connectivity index (χ1v) is 4.09. The highest BCUT2D eigenvalue weighted by Gasteiger charge is 2.05. The second-order valence-electron chi connectivity index (χ2n) is 1.82. The van der Waals surface area contributed by atoms with Crippen LogP contribution in [0.15, 0.2) is 0 Å². The van der Waals surface area contributed by atoms with Crippen molar-refractivity contribution < 1.29 is 4.74 Å². The summed E-state index contributed by atoms with van der Waals surface area (Å²) in [6.07, 6.45) is 1.14. The molecule has 0 bridgehead atoms. The molecule has 0 amide bonds. The lowest BCUT2D eigenvalue weighted by Crippen LogP contribution is -2.23. The molecular weight excluding hydrogens is 217 g/mol. The van der Waals surface area contributed by atoms with Crippen molar-refractivity contribution in [3.05, 3.63) is 0 Å². The van der Waals surface area contributed by atoms with E-state index >= 15 is 0 Å². The molecule has 1 atom stereocenters. The second kappa shape index (κ2) is 3.63. The Morgan fingerprint density at radius 1 is 1.50 bits per heavy atom. The average Bonchev–Trinajstić information content (AvgIpc) is 1.94. The molecule has 1 aliphatic rings. The van der Waals surface area contributed by atoms with Gasteiger partial charge in [0.2, 0.25) is 0 Å². The van der Waals surface area contributed by atoms with Crippen molar-refractivity contribution >= 4 is 22.6 Å². The fraction of sp³-hybridized carbons (Fsp3) is 1.00. The zero-order valence-electron chi connectivity index (χ0n) is 4.69. The smallest absolute Gasteiger partial charge is 0.0616 e. The molecule has 1 N–H and O–H groups in total. The highest BCUT2D eigenvalue weighted by atomic mass is 127. The molecule has 0 radical (unpaired) electrons. The molecule has 1 saturated heterocycles. The Labute approximate surface area is 63.1 Å². The van der Waals surface area contributed by atoms with Gasteiger partial charge in [-0.15, -0.1) is 0 Å². The fourth-order valence-corrected chi connectivity index (χ4v) is 1.24. The van der Waals surface area contributed by atoms with Gasteiger partial charge in [-0.1, -0.05) is 22.6 Å². The Morgan fingerprint density at radius 3 is 3.25 bits per heavy atom. The van der Waals surface area contributed by atoms with Crippen molar-refractivity contribution in [1.82, 2.24) is 5.32 Å². The minimum Gasteiger partial charge on any atom is -0.380 e. The van der Waals surface area contributed by atoms with Gasteiger partial charge in [-0.25, -0.2) is 0 Å². The quantitative estimate of drug-likeness (QED) is 0.374. The normalized spacial score (nSPS) is 31.9. The maximum Gasteiger partial charge on any atom is 0.0616 e. The van der Waals surface area contributed by atoms with Crippen molar-refractivity contribution in [3.63, 3.8) is 0 Å². The van der Waals surface area contributed by atoms with E-state index in [1.165, 1.54) is 0 Å². The number of hydrogen-bond acceptors (Lipinski definition) is 2. The van der Waals surface area contributed by atoms with Crippen LogP contribution in [-0.4, -0.2) is 23.8 Å². The van der Waals surface area contributed by atoms with E-state index in [1.54, 1.807) is 0 Å². The van der Waals surface area contributed by atoms with Crippen LogP contribution in [0.2, 0.25) is 0 Å². The molecule has 1 unspecified atom stereocenters. The van der Waals surface area contributed by atoms with Gasteiger partial charge in [0.25, 0.3) is 0 Å². The lowest BCUT2D eigenvalue weighted by atomic mass is 10.5. The minimum atomic E-state index is 0.620. The van der Waals surface area contributed by atoms with Crippen molar-refractivity contribution in [3.8, 4) is 0 Å². The molecule has 1 aliphatic heterocycles. The van der Waals surface area contributed by atoms with Crippen LogP contribution in [0.3, 0.4) is 0 Å². The maximum atomic E-state index is 5.20. The lowest BCUT2D eigenvalue weighted by molar-refractivity contribution is 0.151. The Balaban J connectivity index is 2.17. The van der Waals surface area contributed by atoms with E-state index in [1.807, 2.05) is 0 Å². The summed E-state index contributed by atoms with van der Waals surface area (Å²) in [5.41, 5.74) is 0. The van der Waals surface area contributed by atoms with Gasteiger partial charge in [0.15, 0.2) is 0 Å². The third-order valence-corrected chi connectivity index (χ3v) is 2.19. The zero-order chi connectivity index (χ0) is 5.82. The topological polar surface area (TPSA) is 21.3 Å². The summed E-state index contributed by atoms with van der Waals surface area (Å²) in [5.74, 6) is 0. The van der Waals surface area contributed by atoms with E-state index in [4.69, 9.17) is 4.74 Å². The van der Waals surface area contributed by atoms with Gasteiger partial charge in [0.05, 0.1) is 10.7 Å². The summed E-state index contributed by atoms with van der Waals surface area (Å²) in [6.45, 7) is 2.80. The Bertz CT molecular complexity index is 61.4. The van der Waals surface area contributed by atoms with Crippen molar-refractivity contribution in [1.29, 1.82) is 0 Å². The molecule has 0 spiro atoms. The number of nitrogens with one attached hydrogen (secondary N) is 1. The molecule has 3 heteroatoms. The van der Waals surface area contributed by atoms with Gasteiger partial charge in [-0.3, -0.25) is 0 Å². The van der Waals surface area contributed by atoms with Gasteiger partial charge in [-0.05, 0) is 6.42 Å². The van der Waals surface area contributed by atoms with Crippen LogP contribution in [0.4, 0.5) is 0 Å². The second-order valence-corrected chi connectivity index (χ2v) is 3.33. The molecule has 0 aliphatic carbocycles. The maximum absolute atomic E-state index is 5.20. The van der Waals surface area contributed by atoms with Crippen molar-refractivity contribution in [2.75, 3.05) is 19.8 Å². The number of rotatable bonds is 0. The van der Waals surface area contributed by atoms with Crippen molar-refractivity contribution in [2.45, 2.75) is 10.5 Å². The van der Waals surface area contributed by atoms with Crippen LogP contribution >= 0.6 is 22.6 Å². The average molecular weight is 227 g/mol. The predicted molar refractivity (Wildman–Crippen MR) is 41.2 cm³/mol. The van der Waals surface area contributed by atoms with Gasteiger partial charge in [0.1, 0.15) is 0 Å². The van der Waals surface area contributed by atoms with Gasteiger partial charge in [-0.2, -0.15) is 0 Å². The van der Waals surface area contributed by atoms with E-state index in [9.17, 15) is 0 Å². The van der Waals surface area contributed by atoms with Gasteiger partial charge >= 0.3 is 0 Å². The summed E-state index contributed by atoms with van der Waals surface area (Å²) in [5, 5.41) is 3.31. The standard InChI is InChI=1S/C5H10INO/c6-5-1-3-8-4-2-7-5/h5,7H,1-4H2. The summed E-state index contributed by atoms with van der Waals surface area (Å²) in [6, 6.07) is 0. The highest BCUT2D eigenvalue weighted by Crippen LogP contribution is 2.03. The zero-order valence-corrected chi connectivity index (χ0v) is 6.85. The third-order valence-electron chi connectivity index (χ3n) is 1.13. The molecule has 2 nitrogen and oxygen atoms in total. The summed E-state index contributed by atoms with van der Waals surface area (Å²) >= 11 is 2.39. The Morgan fingerprint density at radius 2 is 2.38 bits per heavy atom. The number of hydrogen-bond donors (Lipinski definition) is 1. The molecule has 0 aromatic heterocycles. The van der Waals surface area contributed by atoms with E-state index in [0.717, 1.165) is 26.2 Å². The van der Waals surface area contributed by atoms with E-state index in [-0.39, 0.29) is 0 Å². The minimum absolute atomic E-state index is 0.620. The number of ether oxygens (including phenoxy) is 1. The van der Waals surface area contributed by atoms with E-state index < -0.39 is 0 Å². The molecule has 0 aromatic carbocycles. The Kier molecular flexibility index (Phi) is 3.07. The van der Waals surface area contributed by atoms with E-state index in [2.05, 4.69) is 27.9 Å². The van der Waals surface area contributed by atoms with Crippen LogP contribution in [-0.2, 0) is 4.74 Å². The fourth-order valence-electron chi connectivity index (χ4n) is 0.679. The number of halogens is 1. The first-order valence-electron chi connectivity index (χ1n) is 2.85. The monoisotopic (exact) mass is 227 g/mol. The predicted octanol–water partition coefficient (Wildman–Crippen LogP) is 0.757. The van der Waals surface area contributed by atoms with Crippen LogP contribution in [0, 0.1) is 0 Å². The summed E-state index contributed by atoms with van der Waals surface area (Å²) in [4.78, 5) is 0. The van der Waals surface area contributed by atoms with Crippen LogP contribution < -0.4 is 5.32 Å². The van der Waals surface area contributed by atoms with Crippen LogP contribution in [0.25, 0.3) is 0 Å². The molecule has 0 aromatic rings. The lowest BCUT2D eigenvalue weighted by Gasteiger charge is -2.02. The molecule has 8 heavy (non-hydrogen) atoms. The molecule has 0 saturated carbocycles. The Hall–Kier alpha value is 0.650. The molecule has 1 fully saturated rings. The van der Waals surface area contributed by atoms with Gasteiger partial charge in [0, 0.05) is 13.2 Å². The molecular formula is C5H10INO. The molecule has 1 heterocycles. The first-order chi connectivity index (χ1) is 3.89. The molecule has 1 rings (SSSR count). The van der Waals surface area contributed by atoms with Crippen LogP contribution in [0.1, 0.15) is 6.42 Å². The van der Waals surface area contributed by atoms with Crippen molar-refractivity contribution in [2.24, 2.45) is 0 Å². The van der Waals surface area contributed by atoms with Crippen LogP contribution in [0.5, 0.6) is 0 Å². The third kappa shape index (κ3) is 2.28. The SMILES string of the molecule is IC1CCOCCN1. The van der Waals surface area contributed by atoms with E-state index in [0.29, 0.717) is 4.05 Å². The summed E-state index contributed by atoms with van der Waals surface area (Å²) in [7, 11) is 0. The largest absolute Gasteiger partial charge is 0.380 e. The first kappa shape index (κ1) is 6.77. The molecule has 48 valence electrons. The van der Waals surface area contributed by atoms with Gasteiger partial charge < -0.3 is 10.1 Å². The number of alkyl halides is 1. The highest BCUT2D eigenvalue weighted by molar-refractivity contribution is 14.1.